The zero-order valence-corrected chi connectivity index (χ0v) is 17.6. The molecule has 3 aromatic rings. The van der Waals surface area contributed by atoms with E-state index in [1.165, 1.54) is 11.3 Å². The minimum atomic E-state index is -0.0794. The Morgan fingerprint density at radius 3 is 2.57 bits per heavy atom. The van der Waals surface area contributed by atoms with Crippen LogP contribution in [0.4, 0.5) is 5.69 Å². The average molecular weight is 396 g/mol. The minimum absolute atomic E-state index is 0.0794. The van der Waals surface area contributed by atoms with Gasteiger partial charge in [0, 0.05) is 36.1 Å². The van der Waals surface area contributed by atoms with Gasteiger partial charge in [-0.25, -0.2) is 0 Å². The van der Waals surface area contributed by atoms with Crippen molar-refractivity contribution in [2.24, 2.45) is 0 Å². The first-order chi connectivity index (χ1) is 14.5. The second-order valence-corrected chi connectivity index (χ2v) is 7.56. The molecule has 2 aromatic carbocycles. The summed E-state index contributed by atoms with van der Waals surface area (Å²) in [5.74, 6) is 2.89. The number of amides is 1. The zero-order valence-electron chi connectivity index (χ0n) is 17.6. The molecule has 0 saturated heterocycles. The Hall–Kier alpha value is -3.58. The topological polar surface area (TPSA) is 45.2 Å². The van der Waals surface area contributed by atoms with Crippen LogP contribution in [0, 0.1) is 25.8 Å². The van der Waals surface area contributed by atoms with Crippen LogP contribution in [0.5, 0.6) is 0 Å². The second-order valence-electron chi connectivity index (χ2n) is 7.56. The summed E-state index contributed by atoms with van der Waals surface area (Å²) < 4.78 is 0. The Morgan fingerprint density at radius 2 is 1.83 bits per heavy atom. The van der Waals surface area contributed by atoms with E-state index in [1.807, 2.05) is 57.2 Å². The maximum Gasteiger partial charge on any atom is 0.251 e. The van der Waals surface area contributed by atoms with Gasteiger partial charge in [0.2, 0.25) is 0 Å². The van der Waals surface area contributed by atoms with Crippen LogP contribution in [0.3, 0.4) is 0 Å². The maximum absolute atomic E-state index is 12.5. The van der Waals surface area contributed by atoms with Gasteiger partial charge in [-0.3, -0.25) is 9.78 Å². The van der Waals surface area contributed by atoms with Gasteiger partial charge in [0.25, 0.3) is 5.91 Å². The molecule has 0 bridgehead atoms. The van der Waals surface area contributed by atoms with Gasteiger partial charge in [-0.15, -0.1) is 0 Å². The van der Waals surface area contributed by atoms with Gasteiger partial charge < -0.3 is 10.2 Å². The van der Waals surface area contributed by atoms with Crippen LogP contribution in [-0.4, -0.2) is 17.4 Å². The van der Waals surface area contributed by atoms with Crippen LogP contribution in [0.15, 0.2) is 54.6 Å². The smallest absolute Gasteiger partial charge is 0.251 e. The van der Waals surface area contributed by atoms with Crippen molar-refractivity contribution in [2.45, 2.75) is 33.7 Å². The van der Waals surface area contributed by atoms with E-state index in [0.29, 0.717) is 12.1 Å². The third-order valence-corrected chi connectivity index (χ3v) is 5.48. The number of aryl methyl sites for hydroxylation is 2. The van der Waals surface area contributed by atoms with E-state index >= 15 is 0 Å². The van der Waals surface area contributed by atoms with Crippen LogP contribution < -0.4 is 10.2 Å². The normalized spacial score (nSPS) is 12.2. The lowest BCUT2D eigenvalue weighted by Crippen LogP contribution is -2.23. The number of nitrogens with zero attached hydrogens (tertiary/aromatic N) is 2. The number of carbonyl (C=O) groups is 1. The molecule has 0 atom stereocenters. The number of nitrogens with one attached hydrogen (secondary N) is 1. The quantitative estimate of drug-likeness (QED) is 0.655. The Morgan fingerprint density at radius 1 is 1.07 bits per heavy atom. The standard InChI is InChI=1S/C26H25N3O/c1-4-14-29-15-13-23-16-22(11-12-25(23)29)20-7-9-21(10-8-20)26(30)27-17-24-6-5-18(2)28-19(24)3/h5-12,16H,13,15,17H2,1-3H3,(H,27,30). The fourth-order valence-corrected chi connectivity index (χ4v) is 3.83. The van der Waals surface area contributed by atoms with Gasteiger partial charge in [0.15, 0.2) is 0 Å². The van der Waals surface area contributed by atoms with Gasteiger partial charge in [-0.2, -0.15) is 0 Å². The number of benzene rings is 2. The highest BCUT2D eigenvalue weighted by molar-refractivity contribution is 5.94. The summed E-state index contributed by atoms with van der Waals surface area (Å²) >= 11 is 0. The van der Waals surface area contributed by atoms with Crippen LogP contribution >= 0.6 is 0 Å². The summed E-state index contributed by atoms with van der Waals surface area (Å²) in [5, 5.41) is 2.99. The molecule has 4 heteroatoms. The first-order valence-electron chi connectivity index (χ1n) is 10.2. The lowest BCUT2D eigenvalue weighted by Gasteiger charge is -2.11. The molecular weight excluding hydrogens is 370 g/mol. The van der Waals surface area contributed by atoms with Crippen molar-refractivity contribution in [1.82, 2.24) is 10.3 Å². The molecular formula is C26H25N3O. The third-order valence-electron chi connectivity index (χ3n) is 5.48. The van der Waals surface area contributed by atoms with Crippen LogP contribution in [0.25, 0.3) is 11.1 Å². The van der Waals surface area contributed by atoms with E-state index < -0.39 is 0 Å². The fraction of sp³-hybridized carbons (Fsp3) is 0.231. The lowest BCUT2D eigenvalue weighted by atomic mass is 10.0. The molecule has 0 saturated carbocycles. The third kappa shape index (κ3) is 4.06. The first-order valence-corrected chi connectivity index (χ1v) is 10.2. The predicted octanol–water partition coefficient (Wildman–Crippen LogP) is 4.64. The number of hydrogen-bond donors (Lipinski definition) is 1. The second kappa shape index (κ2) is 8.42. The summed E-state index contributed by atoms with van der Waals surface area (Å²) in [7, 11) is 0. The van der Waals surface area contributed by atoms with Gasteiger partial charge in [0.1, 0.15) is 0 Å². The molecule has 1 N–H and O–H groups in total. The maximum atomic E-state index is 12.5. The first kappa shape index (κ1) is 19.7. The van der Waals surface area contributed by atoms with E-state index in [9.17, 15) is 4.79 Å². The van der Waals surface area contributed by atoms with Gasteiger partial charge in [0.05, 0.1) is 5.69 Å². The number of carbonyl (C=O) groups excluding carboxylic acids is 1. The zero-order chi connectivity index (χ0) is 21.1. The van der Waals surface area contributed by atoms with Crippen LogP contribution in [0.1, 0.15) is 39.8 Å². The molecule has 0 unspecified atom stereocenters. The Bertz CT molecular complexity index is 1150. The Balaban J connectivity index is 1.45. The predicted molar refractivity (Wildman–Crippen MR) is 121 cm³/mol. The molecule has 0 aliphatic carbocycles. The number of aromatic nitrogens is 1. The van der Waals surface area contributed by atoms with Crippen molar-refractivity contribution in [1.29, 1.82) is 0 Å². The minimum Gasteiger partial charge on any atom is -0.348 e. The van der Waals surface area contributed by atoms with Crippen molar-refractivity contribution < 1.29 is 4.79 Å². The molecule has 4 nitrogen and oxygen atoms in total. The SMILES string of the molecule is CC#CN1CCc2cc(-c3ccc(C(=O)NCc4ccc(C)nc4C)cc3)ccc21. The summed E-state index contributed by atoms with van der Waals surface area (Å²) in [4.78, 5) is 19.1. The highest BCUT2D eigenvalue weighted by Crippen LogP contribution is 2.32. The molecule has 1 aliphatic heterocycles. The molecule has 1 aromatic heterocycles. The van der Waals surface area contributed by atoms with Crippen molar-refractivity contribution in [3.05, 3.63) is 82.7 Å². The Labute approximate surface area is 178 Å². The Kier molecular flexibility index (Phi) is 5.54. The van der Waals surface area contributed by atoms with E-state index in [0.717, 1.165) is 41.0 Å². The molecule has 0 fully saturated rings. The van der Waals surface area contributed by atoms with Crippen molar-refractivity contribution in [2.75, 3.05) is 11.4 Å². The van der Waals surface area contributed by atoms with Gasteiger partial charge in [-0.1, -0.05) is 30.2 Å². The van der Waals surface area contributed by atoms with Crippen molar-refractivity contribution >= 4 is 11.6 Å². The monoisotopic (exact) mass is 395 g/mol. The highest BCUT2D eigenvalue weighted by Gasteiger charge is 2.18. The molecule has 0 spiro atoms. The van der Waals surface area contributed by atoms with E-state index in [1.54, 1.807) is 0 Å². The molecule has 4 rings (SSSR count). The van der Waals surface area contributed by atoms with E-state index in [2.05, 4.69) is 45.4 Å². The van der Waals surface area contributed by atoms with Crippen molar-refractivity contribution in [3.63, 3.8) is 0 Å². The number of rotatable bonds is 4. The molecule has 30 heavy (non-hydrogen) atoms. The largest absolute Gasteiger partial charge is 0.348 e. The van der Waals surface area contributed by atoms with Crippen LogP contribution in [0.2, 0.25) is 0 Å². The highest BCUT2D eigenvalue weighted by atomic mass is 16.1. The fourth-order valence-electron chi connectivity index (χ4n) is 3.83. The summed E-state index contributed by atoms with van der Waals surface area (Å²) in [6, 6.07) is 21.4. The van der Waals surface area contributed by atoms with Gasteiger partial charge in [-0.05, 0) is 79.8 Å². The number of anilines is 1. The molecule has 150 valence electrons. The number of fused-ring (bicyclic) bond motifs is 1. The van der Waals surface area contributed by atoms with E-state index in [-0.39, 0.29) is 5.91 Å². The molecule has 2 heterocycles. The molecule has 1 amide bonds. The number of hydrogen-bond acceptors (Lipinski definition) is 3. The van der Waals surface area contributed by atoms with Crippen LogP contribution in [-0.2, 0) is 13.0 Å². The molecule has 1 aliphatic rings. The summed E-state index contributed by atoms with van der Waals surface area (Å²) in [6.45, 7) is 7.21. The summed E-state index contributed by atoms with van der Waals surface area (Å²) in [6.07, 6.45) is 1.01. The summed E-state index contributed by atoms with van der Waals surface area (Å²) in [5.41, 5.74) is 8.40. The van der Waals surface area contributed by atoms with E-state index in [4.69, 9.17) is 0 Å². The van der Waals surface area contributed by atoms with Crippen molar-refractivity contribution in [3.8, 4) is 23.1 Å². The lowest BCUT2D eigenvalue weighted by molar-refractivity contribution is 0.0951. The average Bonchev–Trinajstić information content (AvgIpc) is 3.15. The van der Waals surface area contributed by atoms with Gasteiger partial charge >= 0.3 is 0 Å². The number of pyridine rings is 1. The molecule has 0 radical (unpaired) electrons.